The third kappa shape index (κ3) is 5.21. The summed E-state index contributed by atoms with van der Waals surface area (Å²) in [5.41, 5.74) is 3.49. The van der Waals surface area contributed by atoms with E-state index in [4.69, 9.17) is 18.9 Å². The zero-order valence-corrected chi connectivity index (χ0v) is 22.1. The van der Waals surface area contributed by atoms with Gasteiger partial charge in [0.2, 0.25) is 0 Å². The highest BCUT2D eigenvalue weighted by molar-refractivity contribution is 7.15. The van der Waals surface area contributed by atoms with Crippen molar-refractivity contribution in [1.82, 2.24) is 9.38 Å². The topological polar surface area (TPSA) is 71.3 Å². The number of rotatable bonds is 11. The van der Waals surface area contributed by atoms with E-state index in [2.05, 4.69) is 11.6 Å². The monoisotopic (exact) mass is 528 g/mol. The molecule has 5 rings (SSSR count). The fraction of sp³-hybridized carbons (Fsp3) is 0.200. The molecule has 0 saturated heterocycles. The molecule has 8 heteroatoms. The molecule has 0 spiro atoms. The van der Waals surface area contributed by atoms with E-state index in [1.54, 1.807) is 11.5 Å². The van der Waals surface area contributed by atoms with Crippen LogP contribution in [0.2, 0.25) is 0 Å². The van der Waals surface area contributed by atoms with Gasteiger partial charge in [-0.1, -0.05) is 41.7 Å². The van der Waals surface area contributed by atoms with Gasteiger partial charge in [-0.15, -0.1) is 6.58 Å². The highest BCUT2D eigenvalue weighted by Gasteiger charge is 2.12. The smallest absolute Gasteiger partial charge is 0.274 e. The number of aromatic nitrogens is 2. The summed E-state index contributed by atoms with van der Waals surface area (Å²) >= 11 is 1.37. The van der Waals surface area contributed by atoms with Crippen LogP contribution >= 0.6 is 11.3 Å². The van der Waals surface area contributed by atoms with Gasteiger partial charge < -0.3 is 18.9 Å². The van der Waals surface area contributed by atoms with E-state index < -0.39 is 0 Å². The first-order chi connectivity index (χ1) is 18.6. The maximum atomic E-state index is 13.1. The second-order valence-electron chi connectivity index (χ2n) is 8.45. The van der Waals surface area contributed by atoms with Crippen molar-refractivity contribution in [2.75, 3.05) is 26.9 Å². The van der Waals surface area contributed by atoms with Crippen LogP contribution in [0.25, 0.3) is 22.1 Å². The third-order valence-corrected chi connectivity index (χ3v) is 6.89. The van der Waals surface area contributed by atoms with E-state index in [1.165, 1.54) is 11.3 Å². The summed E-state index contributed by atoms with van der Waals surface area (Å²) in [6.45, 7) is 6.82. The minimum absolute atomic E-state index is 0.0814. The Balaban J connectivity index is 1.31. The lowest BCUT2D eigenvalue weighted by atomic mass is 10.1. The first-order valence-electron chi connectivity index (χ1n) is 12.3. The molecule has 0 N–H and O–H groups in total. The molecule has 2 heterocycles. The number of allylic oxidation sites excluding steroid dienone is 1. The summed E-state index contributed by atoms with van der Waals surface area (Å²) in [7, 11) is 1.62. The summed E-state index contributed by atoms with van der Waals surface area (Å²) in [4.78, 5) is 18.4. The largest absolute Gasteiger partial charge is 0.493 e. The Morgan fingerprint density at radius 1 is 0.947 bits per heavy atom. The van der Waals surface area contributed by atoms with Crippen LogP contribution in [-0.4, -0.2) is 36.3 Å². The summed E-state index contributed by atoms with van der Waals surface area (Å²) in [5.74, 6) is 2.54. The van der Waals surface area contributed by atoms with Crippen molar-refractivity contribution in [1.29, 1.82) is 0 Å². The van der Waals surface area contributed by atoms with E-state index in [0.717, 1.165) is 28.6 Å². The normalized spacial score (nSPS) is 11.7. The van der Waals surface area contributed by atoms with Gasteiger partial charge in [-0.2, -0.15) is 0 Å². The molecule has 0 fully saturated rings. The summed E-state index contributed by atoms with van der Waals surface area (Å²) in [6.07, 6.45) is 4.47. The molecule has 0 aliphatic rings. The number of benzene rings is 3. The zero-order chi connectivity index (χ0) is 26.5. The minimum Gasteiger partial charge on any atom is -0.493 e. The highest BCUT2D eigenvalue weighted by Crippen LogP contribution is 2.30. The van der Waals surface area contributed by atoms with E-state index in [1.807, 2.05) is 79.7 Å². The third-order valence-electron chi connectivity index (χ3n) is 5.92. The maximum absolute atomic E-state index is 13.1. The Hall–Kier alpha value is -4.30. The molecule has 0 saturated carbocycles. The molecular formula is C30H28N2O5S. The molecule has 7 nitrogen and oxygen atoms in total. The molecule has 38 heavy (non-hydrogen) atoms. The first-order valence-corrected chi connectivity index (χ1v) is 13.1. The number of methoxy groups -OCH3 is 1. The lowest BCUT2D eigenvalue weighted by Crippen LogP contribution is -2.22. The standard InChI is InChI=1S/C30H28N2O5S/c1-4-8-20-11-13-24(26(17-20)34-3)36-15-16-37-25-14-12-21(18-27(25)35-5-2)19-28-29(33)32-23-10-7-6-9-22(23)31-30(32)38-28/h4,6-7,9-14,17-19H,1,5,8,15-16H2,2-3H3. The Morgan fingerprint density at radius 3 is 2.47 bits per heavy atom. The second-order valence-corrected chi connectivity index (χ2v) is 9.46. The van der Waals surface area contributed by atoms with Crippen LogP contribution in [0, 0.1) is 0 Å². The zero-order valence-electron chi connectivity index (χ0n) is 21.3. The molecule has 0 bridgehead atoms. The highest BCUT2D eigenvalue weighted by atomic mass is 32.1. The van der Waals surface area contributed by atoms with E-state index >= 15 is 0 Å². The van der Waals surface area contributed by atoms with Gasteiger partial charge in [0.25, 0.3) is 5.56 Å². The molecule has 0 radical (unpaired) electrons. The van der Waals surface area contributed by atoms with Crippen LogP contribution in [0.5, 0.6) is 23.0 Å². The Bertz CT molecular complexity index is 1710. The molecular weight excluding hydrogens is 500 g/mol. The maximum Gasteiger partial charge on any atom is 0.274 e. The average Bonchev–Trinajstić information content (AvgIpc) is 3.44. The Labute approximate surface area is 224 Å². The van der Waals surface area contributed by atoms with Gasteiger partial charge in [0.1, 0.15) is 13.2 Å². The van der Waals surface area contributed by atoms with Crippen LogP contribution < -0.4 is 29.0 Å². The van der Waals surface area contributed by atoms with Crippen molar-refractivity contribution in [2.24, 2.45) is 0 Å². The van der Waals surface area contributed by atoms with E-state index in [9.17, 15) is 4.79 Å². The number of nitrogens with zero attached hydrogens (tertiary/aromatic N) is 2. The van der Waals surface area contributed by atoms with Gasteiger partial charge in [-0.05, 0) is 66.9 Å². The number of thiazole rings is 1. The predicted octanol–water partition coefficient (Wildman–Crippen LogP) is 5.05. The van der Waals surface area contributed by atoms with Gasteiger partial charge >= 0.3 is 0 Å². The second kappa shape index (κ2) is 11.4. The van der Waals surface area contributed by atoms with Crippen LogP contribution in [0.1, 0.15) is 18.1 Å². The number of imidazole rings is 1. The van der Waals surface area contributed by atoms with Crippen molar-refractivity contribution in [3.8, 4) is 23.0 Å². The summed E-state index contributed by atoms with van der Waals surface area (Å²) in [6, 6.07) is 19.1. The van der Waals surface area contributed by atoms with E-state index in [-0.39, 0.29) is 5.56 Å². The minimum atomic E-state index is -0.0814. The van der Waals surface area contributed by atoms with Crippen LogP contribution in [0.3, 0.4) is 0 Å². The lowest BCUT2D eigenvalue weighted by Gasteiger charge is -2.14. The van der Waals surface area contributed by atoms with Crippen LogP contribution in [0.4, 0.5) is 0 Å². The summed E-state index contributed by atoms with van der Waals surface area (Å²) in [5, 5.41) is 0. The summed E-state index contributed by atoms with van der Waals surface area (Å²) < 4.78 is 25.4. The first kappa shape index (κ1) is 25.4. The molecule has 0 amide bonds. The lowest BCUT2D eigenvalue weighted by molar-refractivity contribution is 0.203. The van der Waals surface area contributed by atoms with Gasteiger partial charge in [0, 0.05) is 0 Å². The number of hydrogen-bond donors (Lipinski definition) is 0. The number of ether oxygens (including phenoxy) is 4. The Morgan fingerprint density at radius 2 is 1.71 bits per heavy atom. The SMILES string of the molecule is C=CCc1ccc(OCCOc2ccc(C=c3sc4nc5ccccc5n4c3=O)cc2OCC)c(OC)c1. The predicted molar refractivity (Wildman–Crippen MR) is 151 cm³/mol. The molecule has 194 valence electrons. The fourth-order valence-electron chi connectivity index (χ4n) is 4.19. The average molecular weight is 529 g/mol. The number of para-hydroxylation sites is 2. The Kier molecular flexibility index (Phi) is 7.60. The van der Waals surface area contributed by atoms with Gasteiger partial charge in [-0.25, -0.2) is 9.38 Å². The quantitative estimate of drug-likeness (QED) is 0.177. The van der Waals surface area contributed by atoms with E-state index in [0.29, 0.717) is 52.3 Å². The van der Waals surface area contributed by atoms with Crippen LogP contribution in [-0.2, 0) is 6.42 Å². The molecule has 0 atom stereocenters. The molecule has 0 aliphatic carbocycles. The van der Waals surface area contributed by atoms with Crippen LogP contribution in [0.15, 0.2) is 78.1 Å². The molecule has 0 unspecified atom stereocenters. The molecule has 2 aromatic heterocycles. The van der Waals surface area contributed by atoms with Crippen molar-refractivity contribution in [2.45, 2.75) is 13.3 Å². The number of hydrogen-bond acceptors (Lipinski definition) is 7. The van der Waals surface area contributed by atoms with Crippen molar-refractivity contribution < 1.29 is 18.9 Å². The molecule has 0 aliphatic heterocycles. The molecule has 5 aromatic rings. The van der Waals surface area contributed by atoms with Crippen molar-refractivity contribution in [3.05, 3.63) is 99.3 Å². The number of fused-ring (bicyclic) bond motifs is 3. The van der Waals surface area contributed by atoms with Gasteiger partial charge in [0.05, 0.1) is 29.3 Å². The fourth-order valence-corrected chi connectivity index (χ4v) is 5.18. The van der Waals surface area contributed by atoms with Crippen molar-refractivity contribution >= 4 is 33.4 Å². The van der Waals surface area contributed by atoms with Gasteiger partial charge in [0.15, 0.2) is 28.0 Å². The van der Waals surface area contributed by atoms with Crippen molar-refractivity contribution in [3.63, 3.8) is 0 Å². The van der Waals surface area contributed by atoms with Gasteiger partial charge in [-0.3, -0.25) is 4.79 Å². The molecule has 3 aromatic carbocycles.